The lowest BCUT2D eigenvalue weighted by atomic mass is 10.3. The lowest BCUT2D eigenvalue weighted by Gasteiger charge is -2.21. The van der Waals surface area contributed by atoms with E-state index >= 15 is 0 Å². The fraction of sp³-hybridized carbons (Fsp3) is 0.500. The maximum Gasteiger partial charge on any atom is 0.238 e. The van der Waals surface area contributed by atoms with E-state index in [1.807, 2.05) is 17.0 Å². The summed E-state index contributed by atoms with van der Waals surface area (Å²) in [6, 6.07) is 4.20. The average molecular weight is 192 g/mol. The SMILES string of the molecule is O=C1CNC(c2ccco2)N1C1CC1. The minimum atomic E-state index is -0.0370. The molecule has 0 bridgehead atoms. The number of carbonyl (C=O) groups excluding carboxylic acids is 1. The maximum atomic E-state index is 11.6. The molecule has 4 heteroatoms. The molecule has 1 atom stereocenters. The van der Waals surface area contributed by atoms with Gasteiger partial charge in [-0.2, -0.15) is 0 Å². The minimum Gasteiger partial charge on any atom is -0.466 e. The smallest absolute Gasteiger partial charge is 0.238 e. The number of hydrogen-bond donors (Lipinski definition) is 1. The third-order valence-electron chi connectivity index (χ3n) is 2.77. The highest BCUT2D eigenvalue weighted by molar-refractivity contribution is 5.81. The van der Waals surface area contributed by atoms with E-state index in [-0.39, 0.29) is 12.1 Å². The van der Waals surface area contributed by atoms with Gasteiger partial charge in [0.25, 0.3) is 0 Å². The average Bonchev–Trinajstić information content (AvgIpc) is 2.75. The van der Waals surface area contributed by atoms with Crippen molar-refractivity contribution in [2.75, 3.05) is 6.54 Å². The topological polar surface area (TPSA) is 45.5 Å². The van der Waals surface area contributed by atoms with Gasteiger partial charge in [-0.15, -0.1) is 0 Å². The van der Waals surface area contributed by atoms with E-state index in [1.54, 1.807) is 6.26 Å². The van der Waals surface area contributed by atoms with Crippen molar-refractivity contribution in [2.24, 2.45) is 0 Å². The highest BCUT2D eigenvalue weighted by atomic mass is 16.3. The summed E-state index contributed by atoms with van der Waals surface area (Å²) in [6.07, 6.45) is 3.87. The number of carbonyl (C=O) groups is 1. The molecule has 1 aromatic heterocycles. The normalized spacial score (nSPS) is 27.3. The second kappa shape index (κ2) is 2.85. The predicted octanol–water partition coefficient (Wildman–Crippen LogP) is 0.872. The van der Waals surface area contributed by atoms with E-state index in [2.05, 4.69) is 5.32 Å². The number of rotatable bonds is 2. The van der Waals surface area contributed by atoms with Crippen LogP contribution >= 0.6 is 0 Å². The molecule has 1 aliphatic heterocycles. The van der Waals surface area contributed by atoms with Crippen LogP contribution in [-0.2, 0) is 4.79 Å². The number of hydrogen-bond acceptors (Lipinski definition) is 3. The van der Waals surface area contributed by atoms with Gasteiger partial charge in [-0.05, 0) is 25.0 Å². The Bertz CT molecular complexity index is 343. The van der Waals surface area contributed by atoms with Gasteiger partial charge in [0.2, 0.25) is 5.91 Å². The first-order valence-electron chi connectivity index (χ1n) is 4.94. The summed E-state index contributed by atoms with van der Waals surface area (Å²) >= 11 is 0. The molecule has 0 spiro atoms. The molecule has 0 radical (unpaired) electrons. The lowest BCUT2D eigenvalue weighted by molar-refractivity contribution is -0.128. The summed E-state index contributed by atoms with van der Waals surface area (Å²) < 4.78 is 5.32. The first kappa shape index (κ1) is 8.05. The molecule has 3 rings (SSSR count). The Morgan fingerprint density at radius 3 is 3.00 bits per heavy atom. The van der Waals surface area contributed by atoms with Crippen molar-refractivity contribution >= 4 is 5.91 Å². The highest BCUT2D eigenvalue weighted by Crippen LogP contribution is 2.35. The van der Waals surface area contributed by atoms with Gasteiger partial charge in [0.05, 0.1) is 12.8 Å². The Morgan fingerprint density at radius 1 is 1.50 bits per heavy atom. The second-order valence-corrected chi connectivity index (χ2v) is 3.83. The van der Waals surface area contributed by atoms with Gasteiger partial charge in [0, 0.05) is 6.04 Å². The van der Waals surface area contributed by atoms with Crippen LogP contribution in [0.2, 0.25) is 0 Å². The van der Waals surface area contributed by atoms with Gasteiger partial charge in [-0.25, -0.2) is 0 Å². The standard InChI is InChI=1S/C10H12N2O2/c13-9-6-11-10(8-2-1-5-14-8)12(9)7-3-4-7/h1-2,5,7,10-11H,3-4,6H2. The molecule has 0 aromatic carbocycles. The monoisotopic (exact) mass is 192 g/mol. The molecule has 4 nitrogen and oxygen atoms in total. The highest BCUT2D eigenvalue weighted by Gasteiger charge is 2.42. The number of nitrogens with one attached hydrogen (secondary N) is 1. The van der Waals surface area contributed by atoms with Crippen LogP contribution in [0.15, 0.2) is 22.8 Å². The van der Waals surface area contributed by atoms with Gasteiger partial charge in [0.1, 0.15) is 11.9 Å². The molecular formula is C10H12N2O2. The molecule has 1 amide bonds. The van der Waals surface area contributed by atoms with E-state index in [4.69, 9.17) is 4.42 Å². The van der Waals surface area contributed by atoms with Crippen LogP contribution in [0, 0.1) is 0 Å². The molecule has 2 aliphatic rings. The van der Waals surface area contributed by atoms with Gasteiger partial charge in [-0.3, -0.25) is 10.1 Å². The molecule has 2 fully saturated rings. The molecule has 1 aliphatic carbocycles. The molecule has 2 heterocycles. The second-order valence-electron chi connectivity index (χ2n) is 3.83. The Kier molecular flexibility index (Phi) is 1.64. The van der Waals surface area contributed by atoms with Gasteiger partial charge in [-0.1, -0.05) is 0 Å². The van der Waals surface area contributed by atoms with Crippen LogP contribution in [0.4, 0.5) is 0 Å². The van der Waals surface area contributed by atoms with E-state index in [0.717, 1.165) is 18.6 Å². The van der Waals surface area contributed by atoms with Crippen molar-refractivity contribution in [3.63, 3.8) is 0 Å². The van der Waals surface area contributed by atoms with Crippen LogP contribution in [0.25, 0.3) is 0 Å². The molecule has 1 saturated carbocycles. The summed E-state index contributed by atoms with van der Waals surface area (Å²) in [6.45, 7) is 0.432. The lowest BCUT2D eigenvalue weighted by Crippen LogP contribution is -2.31. The predicted molar refractivity (Wildman–Crippen MR) is 49.3 cm³/mol. The Balaban J connectivity index is 1.88. The third-order valence-corrected chi connectivity index (χ3v) is 2.77. The zero-order valence-corrected chi connectivity index (χ0v) is 7.77. The maximum absolute atomic E-state index is 11.6. The number of amides is 1. The summed E-state index contributed by atoms with van der Waals surface area (Å²) in [5, 5.41) is 3.16. The number of nitrogens with zero attached hydrogens (tertiary/aromatic N) is 1. The van der Waals surface area contributed by atoms with E-state index < -0.39 is 0 Å². The van der Waals surface area contributed by atoms with E-state index in [0.29, 0.717) is 12.6 Å². The van der Waals surface area contributed by atoms with Crippen molar-refractivity contribution in [3.05, 3.63) is 24.2 Å². The largest absolute Gasteiger partial charge is 0.466 e. The molecule has 1 saturated heterocycles. The molecule has 1 unspecified atom stereocenters. The Labute approximate surface area is 81.9 Å². The first-order chi connectivity index (χ1) is 6.86. The van der Waals surface area contributed by atoms with Crippen molar-refractivity contribution < 1.29 is 9.21 Å². The minimum absolute atomic E-state index is 0.0370. The van der Waals surface area contributed by atoms with Crippen molar-refractivity contribution in [3.8, 4) is 0 Å². The van der Waals surface area contributed by atoms with Crippen LogP contribution in [0.3, 0.4) is 0 Å². The molecule has 14 heavy (non-hydrogen) atoms. The van der Waals surface area contributed by atoms with Crippen LogP contribution in [0.5, 0.6) is 0 Å². The summed E-state index contributed by atoms with van der Waals surface area (Å²) in [5.74, 6) is 1.02. The molecule has 74 valence electrons. The van der Waals surface area contributed by atoms with Crippen molar-refractivity contribution in [2.45, 2.75) is 25.0 Å². The van der Waals surface area contributed by atoms with Crippen LogP contribution in [0.1, 0.15) is 24.8 Å². The summed E-state index contributed by atoms with van der Waals surface area (Å²) in [4.78, 5) is 13.5. The zero-order valence-electron chi connectivity index (χ0n) is 7.77. The first-order valence-corrected chi connectivity index (χ1v) is 4.94. The van der Waals surface area contributed by atoms with Crippen LogP contribution < -0.4 is 5.32 Å². The molecule has 1 N–H and O–H groups in total. The fourth-order valence-electron chi connectivity index (χ4n) is 1.97. The third kappa shape index (κ3) is 1.14. The van der Waals surface area contributed by atoms with E-state index in [1.165, 1.54) is 0 Å². The molecule has 1 aromatic rings. The van der Waals surface area contributed by atoms with E-state index in [9.17, 15) is 4.79 Å². The molecular weight excluding hydrogens is 180 g/mol. The van der Waals surface area contributed by atoms with Crippen molar-refractivity contribution in [1.82, 2.24) is 10.2 Å². The van der Waals surface area contributed by atoms with Gasteiger partial charge < -0.3 is 9.32 Å². The quantitative estimate of drug-likeness (QED) is 0.756. The summed E-state index contributed by atoms with van der Waals surface area (Å²) in [7, 11) is 0. The fourth-order valence-corrected chi connectivity index (χ4v) is 1.97. The summed E-state index contributed by atoms with van der Waals surface area (Å²) in [5.41, 5.74) is 0. The van der Waals surface area contributed by atoms with Gasteiger partial charge in [0.15, 0.2) is 0 Å². The Morgan fingerprint density at radius 2 is 2.36 bits per heavy atom. The number of furan rings is 1. The van der Waals surface area contributed by atoms with Crippen molar-refractivity contribution in [1.29, 1.82) is 0 Å². The van der Waals surface area contributed by atoms with Crippen LogP contribution in [-0.4, -0.2) is 23.4 Å². The zero-order chi connectivity index (χ0) is 9.54. The van der Waals surface area contributed by atoms with Gasteiger partial charge >= 0.3 is 0 Å². The Hall–Kier alpha value is -1.29.